The highest BCUT2D eigenvalue weighted by Gasteiger charge is 2.35. The van der Waals surface area contributed by atoms with E-state index >= 15 is 0 Å². The molecule has 0 bridgehead atoms. The van der Waals surface area contributed by atoms with Crippen LogP contribution in [0.15, 0.2) is 65.7 Å². The average Bonchev–Trinajstić information content (AvgIpc) is 3.28. The van der Waals surface area contributed by atoms with Gasteiger partial charge in [0.2, 0.25) is 15.9 Å². The van der Waals surface area contributed by atoms with Crippen LogP contribution in [0.5, 0.6) is 0 Å². The van der Waals surface area contributed by atoms with Gasteiger partial charge in [-0.05, 0) is 48.0 Å². The molecule has 0 spiro atoms. The van der Waals surface area contributed by atoms with Gasteiger partial charge in [-0.25, -0.2) is 31.4 Å². The SMILES string of the molecule is NS(=O)(=O)c1ccc(-n2cc(-c3c(F)cc(NC(=O)Cc4cccc(C(F)(F)F)c4F)cc3F)nn2)cc1. The van der Waals surface area contributed by atoms with Crippen LogP contribution in [0.4, 0.5) is 32.0 Å². The molecular weight excluding hydrogens is 540 g/mol. The van der Waals surface area contributed by atoms with Crippen LogP contribution in [0.3, 0.4) is 0 Å². The van der Waals surface area contributed by atoms with Crippen molar-refractivity contribution in [2.24, 2.45) is 5.14 Å². The first-order valence-corrected chi connectivity index (χ1v) is 12.0. The van der Waals surface area contributed by atoms with E-state index in [-0.39, 0.29) is 16.3 Å². The molecule has 3 N–H and O–H groups in total. The Hall–Kier alpha value is -4.24. The maximum atomic E-state index is 14.8. The molecule has 0 saturated carbocycles. The molecule has 0 fully saturated rings. The van der Waals surface area contributed by atoms with Gasteiger partial charge in [0.15, 0.2) is 0 Å². The van der Waals surface area contributed by atoms with Gasteiger partial charge in [-0.2, -0.15) is 13.2 Å². The van der Waals surface area contributed by atoms with Gasteiger partial charge in [0, 0.05) is 5.69 Å². The fraction of sp³-hybridized carbons (Fsp3) is 0.0870. The number of carbonyl (C=O) groups is 1. The number of aromatic nitrogens is 3. The van der Waals surface area contributed by atoms with E-state index in [1.165, 1.54) is 30.5 Å². The molecule has 3 aromatic carbocycles. The van der Waals surface area contributed by atoms with E-state index < -0.39 is 62.7 Å². The van der Waals surface area contributed by atoms with Crippen molar-refractivity contribution in [3.63, 3.8) is 0 Å². The largest absolute Gasteiger partial charge is 0.419 e. The molecule has 15 heteroatoms. The second-order valence-corrected chi connectivity index (χ2v) is 9.46. The fourth-order valence-corrected chi connectivity index (χ4v) is 4.01. The van der Waals surface area contributed by atoms with Crippen LogP contribution in [0.25, 0.3) is 16.9 Å². The van der Waals surface area contributed by atoms with E-state index in [9.17, 15) is 39.6 Å². The number of anilines is 1. The molecule has 198 valence electrons. The van der Waals surface area contributed by atoms with Gasteiger partial charge in [0.1, 0.15) is 23.1 Å². The number of hydrogen-bond donors (Lipinski definition) is 2. The number of rotatable bonds is 6. The Kier molecular flexibility index (Phi) is 6.99. The summed E-state index contributed by atoms with van der Waals surface area (Å²) in [4.78, 5) is 12.1. The number of halogens is 6. The normalized spacial score (nSPS) is 12.0. The van der Waals surface area contributed by atoms with E-state index in [1.807, 2.05) is 0 Å². The minimum Gasteiger partial charge on any atom is -0.326 e. The minimum atomic E-state index is -4.96. The summed E-state index contributed by atoms with van der Waals surface area (Å²) in [6, 6.07) is 9.04. The Morgan fingerprint density at radius 1 is 1.00 bits per heavy atom. The van der Waals surface area contributed by atoms with Gasteiger partial charge >= 0.3 is 6.18 Å². The molecule has 0 aliphatic heterocycles. The number of alkyl halides is 3. The maximum absolute atomic E-state index is 14.8. The number of primary sulfonamides is 1. The lowest BCUT2D eigenvalue weighted by molar-refractivity contribution is -0.140. The quantitative estimate of drug-likeness (QED) is 0.346. The van der Waals surface area contributed by atoms with Crippen LogP contribution in [0, 0.1) is 17.5 Å². The van der Waals surface area contributed by atoms with Crippen LogP contribution >= 0.6 is 0 Å². The molecule has 0 aliphatic carbocycles. The highest BCUT2D eigenvalue weighted by atomic mass is 32.2. The Morgan fingerprint density at radius 2 is 1.63 bits per heavy atom. The van der Waals surface area contributed by atoms with Crippen molar-refractivity contribution in [3.05, 3.63) is 89.4 Å². The predicted octanol–water partition coefficient (Wildman–Crippen LogP) is 4.20. The first kappa shape index (κ1) is 26.8. The fourth-order valence-electron chi connectivity index (χ4n) is 3.50. The average molecular weight is 555 g/mol. The Balaban J connectivity index is 1.53. The van der Waals surface area contributed by atoms with Gasteiger partial charge in [-0.15, -0.1) is 5.10 Å². The smallest absolute Gasteiger partial charge is 0.326 e. The van der Waals surface area contributed by atoms with Crippen LogP contribution in [-0.4, -0.2) is 29.3 Å². The first-order valence-electron chi connectivity index (χ1n) is 10.4. The number of nitrogens with one attached hydrogen (secondary N) is 1. The first-order chi connectivity index (χ1) is 17.7. The third kappa shape index (κ3) is 5.68. The van der Waals surface area contributed by atoms with Crippen LogP contribution in [0.2, 0.25) is 0 Å². The van der Waals surface area contributed by atoms with E-state index in [0.717, 1.165) is 28.9 Å². The standard InChI is InChI=1S/C23H15F6N5O3S/c24-17-9-13(31-20(35)8-12-2-1-3-16(22(12)26)23(27,28)29)10-18(25)21(17)19-11-34(33-32-19)14-4-6-15(7-5-14)38(30,36)37/h1-7,9-11H,8H2,(H,31,35)(H2,30,36,37). The third-order valence-electron chi connectivity index (χ3n) is 5.24. The molecule has 1 aromatic heterocycles. The van der Waals surface area contributed by atoms with E-state index in [2.05, 4.69) is 15.6 Å². The van der Waals surface area contributed by atoms with Crippen molar-refractivity contribution in [1.82, 2.24) is 15.0 Å². The number of nitrogens with two attached hydrogens (primary N) is 1. The zero-order valence-electron chi connectivity index (χ0n) is 18.8. The van der Waals surface area contributed by atoms with Gasteiger partial charge in [-0.3, -0.25) is 4.79 Å². The number of sulfonamides is 1. The lowest BCUT2D eigenvalue weighted by atomic mass is 10.1. The minimum absolute atomic E-state index is 0.160. The van der Waals surface area contributed by atoms with Crippen molar-refractivity contribution < 1.29 is 39.6 Å². The van der Waals surface area contributed by atoms with Crippen molar-refractivity contribution >= 4 is 21.6 Å². The van der Waals surface area contributed by atoms with Gasteiger partial charge in [0.25, 0.3) is 0 Å². The molecule has 4 aromatic rings. The number of nitrogens with zero attached hydrogens (tertiary/aromatic N) is 3. The molecule has 4 rings (SSSR count). The molecule has 0 atom stereocenters. The van der Waals surface area contributed by atoms with Crippen molar-refractivity contribution in [3.8, 4) is 16.9 Å². The summed E-state index contributed by atoms with van der Waals surface area (Å²) in [6.45, 7) is 0. The molecule has 1 heterocycles. The van der Waals surface area contributed by atoms with Gasteiger partial charge in [0.05, 0.1) is 34.3 Å². The van der Waals surface area contributed by atoms with E-state index in [1.54, 1.807) is 0 Å². The van der Waals surface area contributed by atoms with Gasteiger partial charge in [-0.1, -0.05) is 17.3 Å². The van der Waals surface area contributed by atoms with Crippen molar-refractivity contribution in [2.75, 3.05) is 5.32 Å². The summed E-state index contributed by atoms with van der Waals surface area (Å²) in [5, 5.41) is 14.6. The van der Waals surface area contributed by atoms with Crippen LogP contribution in [-0.2, 0) is 27.4 Å². The van der Waals surface area contributed by atoms with E-state index in [0.29, 0.717) is 11.8 Å². The van der Waals surface area contributed by atoms with Crippen LogP contribution in [0.1, 0.15) is 11.1 Å². The molecule has 8 nitrogen and oxygen atoms in total. The molecule has 0 saturated heterocycles. The monoisotopic (exact) mass is 555 g/mol. The Morgan fingerprint density at radius 3 is 2.21 bits per heavy atom. The summed E-state index contributed by atoms with van der Waals surface area (Å²) in [5.41, 5.74) is -2.99. The zero-order chi connectivity index (χ0) is 27.8. The lowest BCUT2D eigenvalue weighted by Gasteiger charge is -2.12. The summed E-state index contributed by atoms with van der Waals surface area (Å²) < 4.78 is 106. The second kappa shape index (κ2) is 9.90. The zero-order valence-corrected chi connectivity index (χ0v) is 19.6. The van der Waals surface area contributed by atoms with Crippen molar-refractivity contribution in [1.29, 1.82) is 0 Å². The second-order valence-electron chi connectivity index (χ2n) is 7.90. The number of amides is 1. The summed E-state index contributed by atoms with van der Waals surface area (Å²) >= 11 is 0. The van der Waals surface area contributed by atoms with Crippen molar-refractivity contribution in [2.45, 2.75) is 17.5 Å². The molecular formula is C23H15F6N5O3S. The number of benzene rings is 3. The molecule has 0 radical (unpaired) electrons. The highest BCUT2D eigenvalue weighted by molar-refractivity contribution is 7.89. The summed E-state index contributed by atoms with van der Waals surface area (Å²) in [6.07, 6.45) is -4.61. The molecule has 0 aliphatic rings. The van der Waals surface area contributed by atoms with E-state index in [4.69, 9.17) is 5.14 Å². The summed E-state index contributed by atoms with van der Waals surface area (Å²) in [7, 11) is -3.93. The Bertz CT molecular complexity index is 1610. The number of hydrogen-bond acceptors (Lipinski definition) is 5. The topological polar surface area (TPSA) is 120 Å². The maximum Gasteiger partial charge on any atom is 0.419 e. The van der Waals surface area contributed by atoms with Gasteiger partial charge < -0.3 is 5.32 Å². The number of carbonyl (C=O) groups excluding carboxylic acids is 1. The molecule has 38 heavy (non-hydrogen) atoms. The molecule has 1 amide bonds. The predicted molar refractivity (Wildman–Crippen MR) is 122 cm³/mol. The highest BCUT2D eigenvalue weighted by Crippen LogP contribution is 2.33. The summed E-state index contributed by atoms with van der Waals surface area (Å²) in [5.74, 6) is -4.93. The van der Waals surface area contributed by atoms with Crippen LogP contribution < -0.4 is 10.5 Å². The lowest BCUT2D eigenvalue weighted by Crippen LogP contribution is -2.17. The Labute approximate surface area is 210 Å². The third-order valence-corrected chi connectivity index (χ3v) is 6.17. The molecule has 0 unspecified atom stereocenters.